The number of hydrogen-bond acceptors (Lipinski definition) is 1. The SMILES string of the molecule is O=S(CCC(F)(F)F)CCC(F)(F)C(F)(F)C(F)F. The number of halogens is 9. The summed E-state index contributed by atoms with van der Waals surface area (Å²) in [7, 11) is -2.44. The van der Waals surface area contributed by atoms with Crippen molar-refractivity contribution < 1.29 is 43.7 Å². The van der Waals surface area contributed by atoms with E-state index >= 15 is 0 Å². The number of alkyl halides is 9. The summed E-state index contributed by atoms with van der Waals surface area (Å²) in [4.78, 5) is 0. The molecule has 0 radical (unpaired) electrons. The van der Waals surface area contributed by atoms with Gasteiger partial charge in [0.1, 0.15) is 0 Å². The fraction of sp³-hybridized carbons (Fsp3) is 1.00. The maximum Gasteiger partial charge on any atom is 0.390 e. The van der Waals surface area contributed by atoms with Crippen molar-refractivity contribution in [1.29, 1.82) is 0 Å². The summed E-state index contributed by atoms with van der Waals surface area (Å²) >= 11 is 0. The Balaban J connectivity index is 4.36. The Morgan fingerprint density at radius 1 is 0.842 bits per heavy atom. The first kappa shape index (κ1) is 18.5. The van der Waals surface area contributed by atoms with Crippen LogP contribution in [0.15, 0.2) is 0 Å². The van der Waals surface area contributed by atoms with Gasteiger partial charge in [-0.25, -0.2) is 8.78 Å². The third kappa shape index (κ3) is 6.00. The Hall–Kier alpha value is -0.480. The highest BCUT2D eigenvalue weighted by Crippen LogP contribution is 2.41. The van der Waals surface area contributed by atoms with Gasteiger partial charge in [-0.05, 0) is 0 Å². The van der Waals surface area contributed by atoms with Gasteiger partial charge < -0.3 is 0 Å². The molecule has 0 aliphatic heterocycles. The molecule has 0 aromatic carbocycles. The van der Waals surface area contributed by atoms with Crippen molar-refractivity contribution in [2.24, 2.45) is 0 Å². The monoisotopic (exact) mass is 324 g/mol. The second kappa shape index (κ2) is 6.31. The quantitative estimate of drug-likeness (QED) is 0.654. The molecule has 0 bridgehead atoms. The van der Waals surface area contributed by atoms with Crippen molar-refractivity contribution in [2.45, 2.75) is 37.3 Å². The Labute approximate surface area is 104 Å². The molecule has 0 saturated heterocycles. The summed E-state index contributed by atoms with van der Waals surface area (Å²) in [5.41, 5.74) is 0. The van der Waals surface area contributed by atoms with Gasteiger partial charge in [-0.1, -0.05) is 0 Å². The van der Waals surface area contributed by atoms with Gasteiger partial charge in [-0.2, -0.15) is 30.7 Å². The highest BCUT2D eigenvalue weighted by atomic mass is 32.2. The molecule has 0 aromatic heterocycles. The van der Waals surface area contributed by atoms with Gasteiger partial charge in [0, 0.05) is 28.7 Å². The minimum Gasteiger partial charge on any atom is -0.260 e. The molecule has 11 heteroatoms. The molecule has 0 heterocycles. The topological polar surface area (TPSA) is 17.1 Å². The third-order valence-electron chi connectivity index (χ3n) is 2.02. The van der Waals surface area contributed by atoms with Crippen LogP contribution < -0.4 is 0 Å². The molecule has 0 rings (SSSR count). The largest absolute Gasteiger partial charge is 0.390 e. The second-order valence-electron chi connectivity index (χ2n) is 3.59. The lowest BCUT2D eigenvalue weighted by molar-refractivity contribution is -0.263. The van der Waals surface area contributed by atoms with E-state index in [2.05, 4.69) is 0 Å². The molecule has 0 fully saturated rings. The van der Waals surface area contributed by atoms with E-state index in [1.807, 2.05) is 0 Å². The molecule has 19 heavy (non-hydrogen) atoms. The van der Waals surface area contributed by atoms with Crippen LogP contribution in [0.4, 0.5) is 39.5 Å². The van der Waals surface area contributed by atoms with Crippen molar-refractivity contribution in [3.05, 3.63) is 0 Å². The fourth-order valence-corrected chi connectivity index (χ4v) is 2.05. The molecule has 116 valence electrons. The van der Waals surface area contributed by atoms with Crippen LogP contribution in [-0.4, -0.2) is 40.2 Å². The lowest BCUT2D eigenvalue weighted by Crippen LogP contribution is -2.47. The van der Waals surface area contributed by atoms with Crippen molar-refractivity contribution in [2.75, 3.05) is 11.5 Å². The highest BCUT2D eigenvalue weighted by molar-refractivity contribution is 7.84. The van der Waals surface area contributed by atoms with Crippen LogP contribution in [0, 0.1) is 0 Å². The third-order valence-corrected chi connectivity index (χ3v) is 3.34. The van der Waals surface area contributed by atoms with E-state index < -0.39 is 59.6 Å². The van der Waals surface area contributed by atoms with Crippen molar-refractivity contribution in [3.8, 4) is 0 Å². The summed E-state index contributed by atoms with van der Waals surface area (Å²) in [5, 5.41) is 0. The zero-order valence-electron chi connectivity index (χ0n) is 9.12. The van der Waals surface area contributed by atoms with Gasteiger partial charge in [-0.15, -0.1) is 0 Å². The van der Waals surface area contributed by atoms with Crippen LogP contribution >= 0.6 is 0 Å². The lowest BCUT2D eigenvalue weighted by Gasteiger charge is -2.25. The first-order valence-electron chi connectivity index (χ1n) is 4.75. The van der Waals surface area contributed by atoms with E-state index in [1.54, 1.807) is 0 Å². The molecule has 0 saturated carbocycles. The average molecular weight is 324 g/mol. The normalized spacial score (nSPS) is 15.9. The highest BCUT2D eigenvalue weighted by Gasteiger charge is 2.62. The molecule has 0 amide bonds. The summed E-state index contributed by atoms with van der Waals surface area (Å²) < 4.78 is 119. The lowest BCUT2D eigenvalue weighted by atomic mass is 10.1. The molecule has 0 N–H and O–H groups in total. The van der Waals surface area contributed by atoms with E-state index in [1.165, 1.54) is 0 Å². The number of rotatable bonds is 7. The number of hydrogen-bond donors (Lipinski definition) is 0. The van der Waals surface area contributed by atoms with Crippen LogP contribution in [0.1, 0.15) is 12.8 Å². The first-order valence-corrected chi connectivity index (χ1v) is 6.24. The van der Waals surface area contributed by atoms with E-state index in [0.29, 0.717) is 0 Å². The van der Waals surface area contributed by atoms with E-state index in [0.717, 1.165) is 0 Å². The van der Waals surface area contributed by atoms with Gasteiger partial charge >= 0.3 is 24.4 Å². The Kier molecular flexibility index (Phi) is 6.15. The summed E-state index contributed by atoms with van der Waals surface area (Å²) in [6, 6.07) is 0. The summed E-state index contributed by atoms with van der Waals surface area (Å²) in [6.45, 7) is 0. The van der Waals surface area contributed by atoms with Gasteiger partial charge in [0.15, 0.2) is 0 Å². The maximum atomic E-state index is 12.7. The van der Waals surface area contributed by atoms with Crippen molar-refractivity contribution in [1.82, 2.24) is 0 Å². The van der Waals surface area contributed by atoms with Gasteiger partial charge in [0.25, 0.3) is 0 Å². The van der Waals surface area contributed by atoms with Crippen LogP contribution in [0.5, 0.6) is 0 Å². The van der Waals surface area contributed by atoms with Gasteiger partial charge in [-0.3, -0.25) is 4.21 Å². The Bertz CT molecular complexity index is 312. The maximum absolute atomic E-state index is 12.7. The molecular weight excluding hydrogens is 315 g/mol. The molecule has 1 atom stereocenters. The van der Waals surface area contributed by atoms with Crippen LogP contribution in [-0.2, 0) is 10.8 Å². The minimum atomic E-state index is -5.61. The zero-order chi connectivity index (χ0) is 15.5. The standard InChI is InChI=1S/C8H9F9OS/c9-5(10)8(16,17)6(11,12)1-3-19(18)4-2-7(13,14)15/h5H,1-4H2. The van der Waals surface area contributed by atoms with Crippen LogP contribution in [0.3, 0.4) is 0 Å². The Morgan fingerprint density at radius 3 is 1.63 bits per heavy atom. The molecule has 1 unspecified atom stereocenters. The van der Waals surface area contributed by atoms with Crippen molar-refractivity contribution >= 4 is 10.8 Å². The van der Waals surface area contributed by atoms with Gasteiger partial charge in [0.2, 0.25) is 0 Å². The predicted molar refractivity (Wildman–Crippen MR) is 49.1 cm³/mol. The van der Waals surface area contributed by atoms with E-state index in [-0.39, 0.29) is 0 Å². The smallest absolute Gasteiger partial charge is 0.260 e. The van der Waals surface area contributed by atoms with E-state index in [9.17, 15) is 43.7 Å². The summed E-state index contributed by atoms with van der Waals surface area (Å²) in [6.07, 6.45) is -12.7. The zero-order valence-corrected chi connectivity index (χ0v) is 9.94. The second-order valence-corrected chi connectivity index (χ2v) is 5.29. The fourth-order valence-electron chi connectivity index (χ4n) is 0.900. The molecule has 0 aliphatic rings. The van der Waals surface area contributed by atoms with Crippen molar-refractivity contribution in [3.63, 3.8) is 0 Å². The van der Waals surface area contributed by atoms with Crippen LogP contribution in [0.25, 0.3) is 0 Å². The molecule has 1 nitrogen and oxygen atoms in total. The van der Waals surface area contributed by atoms with Crippen LogP contribution in [0.2, 0.25) is 0 Å². The molecule has 0 aromatic rings. The molecule has 0 spiro atoms. The summed E-state index contributed by atoms with van der Waals surface area (Å²) in [5.74, 6) is -13.0. The minimum absolute atomic E-state index is 1.04. The predicted octanol–water partition coefficient (Wildman–Crippen LogP) is 3.61. The Morgan fingerprint density at radius 2 is 1.26 bits per heavy atom. The first-order chi connectivity index (χ1) is 8.29. The average Bonchev–Trinajstić information content (AvgIpc) is 2.22. The van der Waals surface area contributed by atoms with Gasteiger partial charge in [0.05, 0.1) is 6.42 Å². The van der Waals surface area contributed by atoms with E-state index in [4.69, 9.17) is 0 Å². The molecule has 0 aliphatic carbocycles. The molecular formula is C8H9F9OS.